The summed E-state index contributed by atoms with van der Waals surface area (Å²) in [4.78, 5) is 6.51. The number of aryl methyl sites for hydroxylation is 1. The molecule has 0 aliphatic heterocycles. The van der Waals surface area contributed by atoms with Crippen molar-refractivity contribution < 1.29 is 0 Å². The lowest BCUT2D eigenvalue weighted by Gasteiger charge is -2.18. The predicted molar refractivity (Wildman–Crippen MR) is 52.5 cm³/mol. The molecule has 0 saturated heterocycles. The van der Waals surface area contributed by atoms with Gasteiger partial charge in [0.25, 0.3) is 0 Å². The first-order chi connectivity index (χ1) is 5.75. The van der Waals surface area contributed by atoms with Crippen molar-refractivity contribution in [3.8, 4) is 0 Å². The minimum absolute atomic E-state index is 1.07. The summed E-state index contributed by atoms with van der Waals surface area (Å²) in [6.07, 6.45) is 3.00. The summed E-state index contributed by atoms with van der Waals surface area (Å²) in [5, 5.41) is 0. The van der Waals surface area contributed by atoms with E-state index in [9.17, 15) is 0 Å². The Labute approximate surface area is 74.2 Å². The molecule has 66 valence electrons. The largest absolute Gasteiger partial charge is 0.359 e. The molecule has 0 N–H and O–H groups in total. The van der Waals surface area contributed by atoms with Crippen LogP contribution in [-0.2, 0) is 0 Å². The molecule has 0 aliphatic rings. The van der Waals surface area contributed by atoms with Crippen LogP contribution in [0.4, 0.5) is 5.82 Å². The van der Waals surface area contributed by atoms with Gasteiger partial charge in [0.15, 0.2) is 0 Å². The molecule has 0 fully saturated rings. The van der Waals surface area contributed by atoms with Crippen molar-refractivity contribution in [2.75, 3.05) is 18.5 Å². The molecule has 1 rings (SSSR count). The first-order valence-corrected chi connectivity index (χ1v) is 4.38. The highest BCUT2D eigenvalue weighted by Crippen LogP contribution is 2.13. The van der Waals surface area contributed by atoms with Crippen LogP contribution in [-0.4, -0.2) is 18.6 Å². The second-order valence-corrected chi connectivity index (χ2v) is 3.07. The fourth-order valence-electron chi connectivity index (χ4n) is 1.32. The molecule has 2 heteroatoms. The number of rotatable bonds is 3. The van der Waals surface area contributed by atoms with E-state index < -0.39 is 0 Å². The fourth-order valence-corrected chi connectivity index (χ4v) is 1.32. The molecule has 0 unspecified atom stereocenters. The second kappa shape index (κ2) is 4.10. The smallest absolute Gasteiger partial charge is 0.131 e. The van der Waals surface area contributed by atoms with E-state index in [-0.39, 0.29) is 0 Å². The Morgan fingerprint density at radius 1 is 1.50 bits per heavy atom. The standard InChI is InChI=1S/C10H16N2/c1-4-8-12(3)10-9(2)6-5-7-11-10/h5-7H,4,8H2,1-3H3. The molecule has 0 aliphatic carbocycles. The molecular formula is C10H16N2. The van der Waals surface area contributed by atoms with Crippen molar-refractivity contribution in [3.05, 3.63) is 23.9 Å². The molecule has 0 aromatic carbocycles. The van der Waals surface area contributed by atoms with Gasteiger partial charge in [0.1, 0.15) is 5.82 Å². The number of aromatic nitrogens is 1. The highest BCUT2D eigenvalue weighted by atomic mass is 15.2. The molecule has 0 bridgehead atoms. The third-order valence-corrected chi connectivity index (χ3v) is 1.90. The Balaban J connectivity index is 2.79. The van der Waals surface area contributed by atoms with Crippen molar-refractivity contribution in [2.24, 2.45) is 0 Å². The average molecular weight is 164 g/mol. The molecule has 1 aromatic heterocycles. The molecule has 1 heterocycles. The lowest BCUT2D eigenvalue weighted by Crippen LogP contribution is -2.19. The first kappa shape index (κ1) is 9.04. The quantitative estimate of drug-likeness (QED) is 0.681. The number of nitrogens with zero attached hydrogens (tertiary/aromatic N) is 2. The van der Waals surface area contributed by atoms with E-state index >= 15 is 0 Å². The van der Waals surface area contributed by atoms with E-state index in [0.29, 0.717) is 0 Å². The van der Waals surface area contributed by atoms with Crippen LogP contribution in [0, 0.1) is 6.92 Å². The van der Waals surface area contributed by atoms with Gasteiger partial charge in [0, 0.05) is 19.8 Å². The monoisotopic (exact) mass is 164 g/mol. The Morgan fingerprint density at radius 2 is 2.25 bits per heavy atom. The van der Waals surface area contributed by atoms with E-state index in [2.05, 4.69) is 36.8 Å². The summed E-state index contributed by atoms with van der Waals surface area (Å²) in [6, 6.07) is 4.06. The Kier molecular flexibility index (Phi) is 3.09. The van der Waals surface area contributed by atoms with Gasteiger partial charge in [-0.05, 0) is 25.0 Å². The van der Waals surface area contributed by atoms with E-state index in [0.717, 1.165) is 18.8 Å². The maximum absolute atomic E-state index is 4.32. The van der Waals surface area contributed by atoms with Gasteiger partial charge in [-0.15, -0.1) is 0 Å². The van der Waals surface area contributed by atoms with Crippen molar-refractivity contribution in [1.29, 1.82) is 0 Å². The van der Waals surface area contributed by atoms with Crippen molar-refractivity contribution in [2.45, 2.75) is 20.3 Å². The molecular weight excluding hydrogens is 148 g/mol. The molecule has 0 atom stereocenters. The van der Waals surface area contributed by atoms with E-state index in [4.69, 9.17) is 0 Å². The highest BCUT2D eigenvalue weighted by Gasteiger charge is 2.02. The van der Waals surface area contributed by atoms with Gasteiger partial charge in [-0.2, -0.15) is 0 Å². The second-order valence-electron chi connectivity index (χ2n) is 3.07. The summed E-state index contributed by atoms with van der Waals surface area (Å²) >= 11 is 0. The van der Waals surface area contributed by atoms with Gasteiger partial charge >= 0.3 is 0 Å². The van der Waals surface area contributed by atoms with Crippen LogP contribution >= 0.6 is 0 Å². The van der Waals surface area contributed by atoms with Crippen LogP contribution in [0.25, 0.3) is 0 Å². The van der Waals surface area contributed by atoms with Gasteiger partial charge in [-0.25, -0.2) is 4.98 Å². The predicted octanol–water partition coefficient (Wildman–Crippen LogP) is 2.24. The molecule has 1 aromatic rings. The van der Waals surface area contributed by atoms with Gasteiger partial charge < -0.3 is 4.90 Å². The minimum atomic E-state index is 1.07. The lowest BCUT2D eigenvalue weighted by atomic mass is 10.2. The molecule has 0 radical (unpaired) electrons. The SMILES string of the molecule is CCCN(C)c1ncccc1C. The minimum Gasteiger partial charge on any atom is -0.359 e. The van der Waals surface area contributed by atoms with Crippen molar-refractivity contribution >= 4 is 5.82 Å². The third-order valence-electron chi connectivity index (χ3n) is 1.90. The third kappa shape index (κ3) is 1.97. The highest BCUT2D eigenvalue weighted by molar-refractivity contribution is 5.44. The van der Waals surface area contributed by atoms with Crippen LogP contribution in [0.2, 0.25) is 0 Å². The van der Waals surface area contributed by atoms with Crippen LogP contribution in [0.3, 0.4) is 0 Å². The van der Waals surface area contributed by atoms with Gasteiger partial charge in [-0.1, -0.05) is 13.0 Å². The van der Waals surface area contributed by atoms with E-state index in [1.807, 2.05) is 12.3 Å². The van der Waals surface area contributed by atoms with Gasteiger partial charge in [0.2, 0.25) is 0 Å². The van der Waals surface area contributed by atoms with Crippen molar-refractivity contribution in [1.82, 2.24) is 4.98 Å². The van der Waals surface area contributed by atoms with Crippen LogP contribution < -0.4 is 4.90 Å². The average Bonchev–Trinajstić information content (AvgIpc) is 2.05. The Bertz CT molecular complexity index is 245. The summed E-state index contributed by atoms with van der Waals surface area (Å²) in [7, 11) is 2.08. The molecule has 2 nitrogen and oxygen atoms in total. The number of anilines is 1. The van der Waals surface area contributed by atoms with Crippen LogP contribution in [0.1, 0.15) is 18.9 Å². The molecule has 0 saturated carbocycles. The zero-order valence-electron chi connectivity index (χ0n) is 8.04. The molecule has 0 amide bonds. The Morgan fingerprint density at radius 3 is 2.83 bits per heavy atom. The summed E-state index contributed by atoms with van der Waals surface area (Å²) in [5.74, 6) is 1.10. The number of hydrogen-bond acceptors (Lipinski definition) is 2. The fraction of sp³-hybridized carbons (Fsp3) is 0.500. The summed E-state index contributed by atoms with van der Waals surface area (Å²) in [5.41, 5.74) is 1.24. The normalized spacial score (nSPS) is 9.92. The summed E-state index contributed by atoms with van der Waals surface area (Å²) < 4.78 is 0. The number of pyridine rings is 1. The Hall–Kier alpha value is -1.05. The maximum atomic E-state index is 4.32. The van der Waals surface area contributed by atoms with E-state index in [1.54, 1.807) is 0 Å². The van der Waals surface area contributed by atoms with Crippen molar-refractivity contribution in [3.63, 3.8) is 0 Å². The summed E-state index contributed by atoms with van der Waals surface area (Å²) in [6.45, 7) is 5.33. The zero-order chi connectivity index (χ0) is 8.97. The molecule has 12 heavy (non-hydrogen) atoms. The molecule has 0 spiro atoms. The zero-order valence-corrected chi connectivity index (χ0v) is 8.04. The lowest BCUT2D eigenvalue weighted by molar-refractivity contribution is 0.834. The topological polar surface area (TPSA) is 16.1 Å². The van der Waals surface area contributed by atoms with Crippen LogP contribution in [0.15, 0.2) is 18.3 Å². The van der Waals surface area contributed by atoms with Gasteiger partial charge in [0.05, 0.1) is 0 Å². The van der Waals surface area contributed by atoms with Gasteiger partial charge in [-0.3, -0.25) is 0 Å². The number of hydrogen-bond donors (Lipinski definition) is 0. The first-order valence-electron chi connectivity index (χ1n) is 4.38. The van der Waals surface area contributed by atoms with Crippen LogP contribution in [0.5, 0.6) is 0 Å². The van der Waals surface area contributed by atoms with E-state index in [1.165, 1.54) is 5.56 Å². The maximum Gasteiger partial charge on any atom is 0.131 e.